The van der Waals surface area contributed by atoms with Crippen molar-refractivity contribution in [3.8, 4) is 5.75 Å². The van der Waals surface area contributed by atoms with E-state index in [1.807, 2.05) is 6.92 Å². The Balaban J connectivity index is 2.28. The zero-order valence-electron chi connectivity index (χ0n) is 10.1. The number of halogens is 2. The van der Waals surface area contributed by atoms with Gasteiger partial charge in [0.15, 0.2) is 0 Å². The Morgan fingerprint density at radius 3 is 2.58 bits per heavy atom. The molecular weight excluding hydrogens is 285 g/mol. The maximum atomic E-state index is 12.1. The Morgan fingerprint density at radius 2 is 1.89 bits per heavy atom. The summed E-state index contributed by atoms with van der Waals surface area (Å²) in [6.45, 7) is 1.84. The molecule has 2 aromatic rings. The van der Waals surface area contributed by atoms with E-state index >= 15 is 0 Å². The van der Waals surface area contributed by atoms with Crippen LogP contribution in [0.4, 0.5) is 5.69 Å². The Hall–Kier alpha value is -1.71. The number of phenols is 1. The van der Waals surface area contributed by atoms with E-state index in [0.29, 0.717) is 15.7 Å². The van der Waals surface area contributed by atoms with Gasteiger partial charge in [-0.3, -0.25) is 4.79 Å². The Kier molecular flexibility index (Phi) is 3.98. The number of nitrogens with one attached hydrogen (secondary N) is 1. The van der Waals surface area contributed by atoms with Crippen molar-refractivity contribution < 1.29 is 9.90 Å². The highest BCUT2D eigenvalue weighted by atomic mass is 35.5. The number of anilines is 1. The summed E-state index contributed by atoms with van der Waals surface area (Å²) in [5, 5.41) is 13.1. The number of hydrogen-bond donors (Lipinski definition) is 2. The van der Waals surface area contributed by atoms with Gasteiger partial charge >= 0.3 is 0 Å². The number of hydrogen-bond acceptors (Lipinski definition) is 2. The van der Waals surface area contributed by atoms with Crippen LogP contribution in [0.15, 0.2) is 36.4 Å². The molecular formula is C14H11Cl2NO2. The van der Waals surface area contributed by atoms with E-state index < -0.39 is 5.91 Å². The summed E-state index contributed by atoms with van der Waals surface area (Å²) in [5.74, 6) is -0.501. The topological polar surface area (TPSA) is 49.3 Å². The minimum absolute atomic E-state index is 0.0758. The van der Waals surface area contributed by atoms with Crippen LogP contribution in [0, 0.1) is 6.92 Å². The van der Waals surface area contributed by atoms with Crippen LogP contribution >= 0.6 is 23.2 Å². The normalized spacial score (nSPS) is 10.3. The second-order valence-electron chi connectivity index (χ2n) is 4.10. The number of amides is 1. The molecule has 5 heteroatoms. The minimum Gasteiger partial charge on any atom is -0.507 e. The number of benzene rings is 2. The molecule has 19 heavy (non-hydrogen) atoms. The van der Waals surface area contributed by atoms with Gasteiger partial charge in [-0.05, 0) is 37.3 Å². The molecule has 1 amide bonds. The molecule has 0 aliphatic carbocycles. The summed E-state index contributed by atoms with van der Waals surface area (Å²) in [6.07, 6.45) is 0. The fourth-order valence-corrected chi connectivity index (χ4v) is 2.07. The number of aryl methyl sites for hydroxylation is 1. The highest BCUT2D eigenvalue weighted by molar-refractivity contribution is 6.36. The van der Waals surface area contributed by atoms with E-state index in [4.69, 9.17) is 23.2 Å². The van der Waals surface area contributed by atoms with Gasteiger partial charge in [0.2, 0.25) is 0 Å². The Morgan fingerprint density at radius 1 is 1.16 bits per heavy atom. The minimum atomic E-state index is -0.426. The highest BCUT2D eigenvalue weighted by Gasteiger charge is 2.13. The number of carbonyl (C=O) groups is 1. The fraction of sp³-hybridized carbons (Fsp3) is 0.0714. The van der Waals surface area contributed by atoms with E-state index in [1.54, 1.807) is 24.3 Å². The van der Waals surface area contributed by atoms with Gasteiger partial charge in [0.05, 0.1) is 16.3 Å². The van der Waals surface area contributed by atoms with E-state index in [-0.39, 0.29) is 11.3 Å². The maximum absolute atomic E-state index is 12.1. The lowest BCUT2D eigenvalue weighted by molar-refractivity contribution is 0.102. The molecule has 98 valence electrons. The summed E-state index contributed by atoms with van der Waals surface area (Å²) < 4.78 is 0. The molecule has 2 aromatic carbocycles. The van der Waals surface area contributed by atoms with Gasteiger partial charge in [-0.2, -0.15) is 0 Å². The zero-order valence-corrected chi connectivity index (χ0v) is 11.6. The van der Waals surface area contributed by atoms with Crippen LogP contribution in [-0.4, -0.2) is 11.0 Å². The first-order valence-electron chi connectivity index (χ1n) is 5.53. The van der Waals surface area contributed by atoms with Gasteiger partial charge in [-0.25, -0.2) is 0 Å². The first kappa shape index (κ1) is 13.7. The summed E-state index contributed by atoms with van der Waals surface area (Å²) in [6, 6.07) is 9.58. The summed E-state index contributed by atoms with van der Waals surface area (Å²) in [5.41, 5.74) is 1.52. The van der Waals surface area contributed by atoms with Crippen molar-refractivity contribution >= 4 is 34.8 Å². The van der Waals surface area contributed by atoms with Crippen LogP contribution in [0.25, 0.3) is 0 Å². The van der Waals surface area contributed by atoms with Crippen molar-refractivity contribution in [2.45, 2.75) is 6.92 Å². The third-order valence-electron chi connectivity index (χ3n) is 2.58. The first-order valence-corrected chi connectivity index (χ1v) is 6.29. The molecule has 0 saturated heterocycles. The lowest BCUT2D eigenvalue weighted by Crippen LogP contribution is -2.12. The van der Waals surface area contributed by atoms with Gasteiger partial charge in [-0.15, -0.1) is 0 Å². The molecule has 0 atom stereocenters. The van der Waals surface area contributed by atoms with Crippen LogP contribution in [0.2, 0.25) is 10.0 Å². The van der Waals surface area contributed by atoms with Crippen molar-refractivity contribution in [1.82, 2.24) is 0 Å². The zero-order chi connectivity index (χ0) is 14.0. The largest absolute Gasteiger partial charge is 0.507 e. The molecule has 0 spiro atoms. The molecule has 2 N–H and O–H groups in total. The third kappa shape index (κ3) is 3.19. The lowest BCUT2D eigenvalue weighted by atomic mass is 10.1. The van der Waals surface area contributed by atoms with Gasteiger partial charge in [-0.1, -0.05) is 34.8 Å². The fourth-order valence-electron chi connectivity index (χ4n) is 1.61. The van der Waals surface area contributed by atoms with Crippen LogP contribution < -0.4 is 5.32 Å². The molecule has 0 aromatic heterocycles. The molecule has 0 heterocycles. The van der Waals surface area contributed by atoms with Crippen molar-refractivity contribution in [2.24, 2.45) is 0 Å². The molecule has 0 saturated carbocycles. The quantitative estimate of drug-likeness (QED) is 0.870. The van der Waals surface area contributed by atoms with Gasteiger partial charge < -0.3 is 10.4 Å². The molecule has 0 bridgehead atoms. The number of rotatable bonds is 2. The van der Waals surface area contributed by atoms with Crippen molar-refractivity contribution in [3.05, 3.63) is 57.6 Å². The van der Waals surface area contributed by atoms with Crippen molar-refractivity contribution in [1.29, 1.82) is 0 Å². The van der Waals surface area contributed by atoms with Crippen molar-refractivity contribution in [2.75, 3.05) is 5.32 Å². The predicted molar refractivity (Wildman–Crippen MR) is 77.3 cm³/mol. The monoisotopic (exact) mass is 295 g/mol. The number of carbonyl (C=O) groups excluding carboxylic acids is 1. The standard InChI is InChI=1S/C14H11Cl2NO2/c1-8-2-5-13(18)10(6-8)14(19)17-12-4-3-9(15)7-11(12)16/h2-7,18H,1H3,(H,17,19). The molecule has 0 unspecified atom stereocenters. The van der Waals surface area contributed by atoms with Crippen LogP contribution in [0.1, 0.15) is 15.9 Å². The molecule has 3 nitrogen and oxygen atoms in total. The molecule has 0 fully saturated rings. The van der Waals surface area contributed by atoms with E-state index in [2.05, 4.69) is 5.32 Å². The van der Waals surface area contributed by atoms with Gasteiger partial charge in [0.25, 0.3) is 5.91 Å². The van der Waals surface area contributed by atoms with E-state index in [1.165, 1.54) is 12.1 Å². The SMILES string of the molecule is Cc1ccc(O)c(C(=O)Nc2ccc(Cl)cc2Cl)c1. The maximum Gasteiger partial charge on any atom is 0.259 e. The second kappa shape index (κ2) is 5.51. The van der Waals surface area contributed by atoms with E-state index in [0.717, 1.165) is 5.56 Å². The average Bonchev–Trinajstić information content (AvgIpc) is 2.35. The number of aromatic hydroxyl groups is 1. The Bertz CT molecular complexity index is 641. The average molecular weight is 296 g/mol. The van der Waals surface area contributed by atoms with Gasteiger partial charge in [0, 0.05) is 5.02 Å². The summed E-state index contributed by atoms with van der Waals surface area (Å²) in [4.78, 5) is 12.1. The molecule has 0 radical (unpaired) electrons. The van der Waals surface area contributed by atoms with Crippen molar-refractivity contribution in [3.63, 3.8) is 0 Å². The van der Waals surface area contributed by atoms with E-state index in [9.17, 15) is 9.90 Å². The highest BCUT2D eigenvalue weighted by Crippen LogP contribution is 2.27. The molecule has 2 rings (SSSR count). The summed E-state index contributed by atoms with van der Waals surface area (Å²) >= 11 is 11.7. The molecule has 0 aliphatic heterocycles. The molecule has 0 aliphatic rings. The Labute approximate surface area is 120 Å². The number of phenolic OH excluding ortho intramolecular Hbond substituents is 1. The summed E-state index contributed by atoms with van der Waals surface area (Å²) in [7, 11) is 0. The lowest BCUT2D eigenvalue weighted by Gasteiger charge is -2.09. The van der Waals surface area contributed by atoms with Gasteiger partial charge in [0.1, 0.15) is 5.75 Å². The predicted octanol–water partition coefficient (Wildman–Crippen LogP) is 4.26. The van der Waals surface area contributed by atoms with Crippen LogP contribution in [0.5, 0.6) is 5.75 Å². The first-order chi connectivity index (χ1) is 8.97. The van der Waals surface area contributed by atoms with Crippen LogP contribution in [0.3, 0.4) is 0 Å². The second-order valence-corrected chi connectivity index (χ2v) is 4.94. The third-order valence-corrected chi connectivity index (χ3v) is 3.12. The van der Waals surface area contributed by atoms with Crippen LogP contribution in [-0.2, 0) is 0 Å². The smallest absolute Gasteiger partial charge is 0.259 e.